The summed E-state index contributed by atoms with van der Waals surface area (Å²) >= 11 is 0. The number of benzene rings is 1. The lowest BCUT2D eigenvalue weighted by atomic mass is 10.1. The summed E-state index contributed by atoms with van der Waals surface area (Å²) in [7, 11) is -5.22. The Hall–Kier alpha value is -0.609. The average Bonchev–Trinajstić information content (AvgIpc) is 2.91. The SMILES string of the molecule is CC[Si](C)(CC)CCCCCCCC[Si](CC[Si](CC)(CC)CC)(Oc1c(F)cc(F)c(F)c1F)C(C)C. The van der Waals surface area contributed by atoms with E-state index < -0.39 is 53.5 Å². The first-order valence-electron chi connectivity index (χ1n) is 15.4. The molecule has 1 aromatic carbocycles. The summed E-state index contributed by atoms with van der Waals surface area (Å²) < 4.78 is 63.5. The van der Waals surface area contributed by atoms with Gasteiger partial charge in [-0.3, -0.25) is 0 Å². The highest BCUT2D eigenvalue weighted by Crippen LogP contribution is 2.41. The summed E-state index contributed by atoms with van der Waals surface area (Å²) in [5.41, 5.74) is 0.109. The zero-order chi connectivity index (χ0) is 29.0. The monoisotopic (exact) mass is 592 g/mol. The third-order valence-corrected chi connectivity index (χ3v) is 26.4. The number of hydrogen-bond donors (Lipinski definition) is 0. The van der Waals surface area contributed by atoms with E-state index in [-0.39, 0.29) is 5.54 Å². The van der Waals surface area contributed by atoms with E-state index >= 15 is 0 Å². The lowest BCUT2D eigenvalue weighted by Crippen LogP contribution is -2.47. The van der Waals surface area contributed by atoms with Crippen molar-refractivity contribution in [3.8, 4) is 5.75 Å². The molecule has 1 atom stereocenters. The second kappa shape index (κ2) is 16.6. The smallest absolute Gasteiger partial charge is 0.253 e. The molecule has 0 fully saturated rings. The molecule has 0 saturated carbocycles. The standard InChI is InChI=1S/C30H56F4OSi3/c1-9-36(8,10-2)20-18-16-14-15-17-19-21-38(25(6)7,23-22-37(11-3,12-4)13-5)35-30-27(32)24-26(31)28(33)29(30)34/h24-25H,9-23H2,1-8H3. The van der Waals surface area contributed by atoms with E-state index in [0.717, 1.165) is 37.4 Å². The molecule has 0 bridgehead atoms. The van der Waals surface area contributed by atoms with E-state index in [4.69, 9.17) is 4.43 Å². The van der Waals surface area contributed by atoms with Crippen LogP contribution in [0.15, 0.2) is 6.07 Å². The maximum atomic E-state index is 14.7. The van der Waals surface area contributed by atoms with Crippen LogP contribution in [0, 0.1) is 23.3 Å². The average molecular weight is 593 g/mol. The molecule has 0 aliphatic rings. The van der Waals surface area contributed by atoms with E-state index in [0.29, 0.717) is 6.07 Å². The molecule has 1 unspecified atom stereocenters. The summed E-state index contributed by atoms with van der Waals surface area (Å²) in [6.45, 7) is 18.2. The van der Waals surface area contributed by atoms with Gasteiger partial charge in [0.25, 0.3) is 8.32 Å². The van der Waals surface area contributed by atoms with Gasteiger partial charge in [-0.2, -0.15) is 4.39 Å². The van der Waals surface area contributed by atoms with Gasteiger partial charge in [0.05, 0.1) is 8.07 Å². The van der Waals surface area contributed by atoms with Crippen LogP contribution in [-0.4, -0.2) is 24.5 Å². The Morgan fingerprint density at radius 2 is 1.13 bits per heavy atom. The summed E-state index contributed by atoms with van der Waals surface area (Å²) in [6.07, 6.45) is 7.00. The fourth-order valence-corrected chi connectivity index (χ4v) is 17.8. The van der Waals surface area contributed by atoms with Gasteiger partial charge in [0, 0.05) is 14.1 Å². The van der Waals surface area contributed by atoms with E-state index in [1.165, 1.54) is 55.5 Å². The zero-order valence-electron chi connectivity index (χ0n) is 25.7. The van der Waals surface area contributed by atoms with Crippen molar-refractivity contribution in [2.24, 2.45) is 0 Å². The quantitative estimate of drug-likeness (QED) is 0.0481. The molecular formula is C30H56F4OSi3. The van der Waals surface area contributed by atoms with Gasteiger partial charge in [-0.25, -0.2) is 13.2 Å². The molecule has 0 saturated heterocycles. The second-order valence-corrected chi connectivity index (χ2v) is 28.0. The largest absolute Gasteiger partial charge is 0.539 e. The molecule has 0 amide bonds. The normalized spacial score (nSPS) is 14.2. The van der Waals surface area contributed by atoms with Crippen LogP contribution in [-0.2, 0) is 0 Å². The van der Waals surface area contributed by atoms with Gasteiger partial charge in [0.1, 0.15) is 0 Å². The topological polar surface area (TPSA) is 9.23 Å². The molecule has 0 aliphatic heterocycles. The van der Waals surface area contributed by atoms with E-state index in [1.807, 2.05) is 0 Å². The summed E-state index contributed by atoms with van der Waals surface area (Å²) in [5.74, 6) is -6.55. The van der Waals surface area contributed by atoms with Crippen molar-refractivity contribution in [3.63, 3.8) is 0 Å². The van der Waals surface area contributed by atoms with Gasteiger partial charge < -0.3 is 4.43 Å². The molecule has 8 heteroatoms. The Morgan fingerprint density at radius 3 is 1.61 bits per heavy atom. The lowest BCUT2D eigenvalue weighted by Gasteiger charge is -2.39. The third kappa shape index (κ3) is 9.79. The molecule has 1 aromatic rings. The van der Waals surface area contributed by atoms with Gasteiger partial charge in [-0.1, -0.05) is 136 Å². The first-order chi connectivity index (χ1) is 17.9. The predicted octanol–water partition coefficient (Wildman–Crippen LogP) is 11.9. The number of unbranched alkanes of at least 4 members (excludes halogenated alkanes) is 5. The van der Waals surface area contributed by atoms with Gasteiger partial charge in [0.15, 0.2) is 23.2 Å². The molecule has 0 aliphatic carbocycles. The first kappa shape index (κ1) is 35.4. The van der Waals surface area contributed by atoms with Crippen LogP contribution in [0.1, 0.15) is 87.0 Å². The maximum absolute atomic E-state index is 14.7. The van der Waals surface area contributed by atoms with Crippen molar-refractivity contribution in [2.45, 2.75) is 153 Å². The van der Waals surface area contributed by atoms with Crippen LogP contribution >= 0.6 is 0 Å². The Kier molecular flexibility index (Phi) is 15.5. The molecule has 38 heavy (non-hydrogen) atoms. The van der Waals surface area contributed by atoms with Crippen molar-refractivity contribution in [2.75, 3.05) is 0 Å². The van der Waals surface area contributed by atoms with Crippen molar-refractivity contribution in [1.29, 1.82) is 0 Å². The van der Waals surface area contributed by atoms with Crippen molar-refractivity contribution in [1.82, 2.24) is 0 Å². The second-order valence-electron chi connectivity index (χ2n) is 12.3. The summed E-state index contributed by atoms with van der Waals surface area (Å²) in [5, 5.41) is 0. The number of halogens is 4. The minimum Gasteiger partial charge on any atom is -0.539 e. The number of rotatable bonds is 20. The molecule has 0 heterocycles. The van der Waals surface area contributed by atoms with Crippen molar-refractivity contribution < 1.29 is 22.0 Å². The highest BCUT2D eigenvalue weighted by atomic mass is 28.4. The maximum Gasteiger partial charge on any atom is 0.253 e. The molecule has 1 nitrogen and oxygen atoms in total. The predicted molar refractivity (Wildman–Crippen MR) is 164 cm³/mol. The third-order valence-electron chi connectivity index (χ3n) is 10.1. The van der Waals surface area contributed by atoms with Crippen LogP contribution in [0.2, 0.25) is 66.5 Å². The lowest BCUT2D eigenvalue weighted by molar-refractivity contribution is 0.380. The van der Waals surface area contributed by atoms with Gasteiger partial charge in [-0.05, 0) is 17.6 Å². The highest BCUT2D eigenvalue weighted by Gasteiger charge is 2.44. The molecule has 1 rings (SSSR count). The fraction of sp³-hybridized carbons (Fsp3) is 0.800. The van der Waals surface area contributed by atoms with E-state index in [2.05, 4.69) is 55.0 Å². The van der Waals surface area contributed by atoms with Crippen LogP contribution in [0.5, 0.6) is 5.75 Å². The Morgan fingerprint density at radius 1 is 0.632 bits per heavy atom. The molecule has 0 radical (unpaired) electrons. The molecule has 222 valence electrons. The zero-order valence-corrected chi connectivity index (χ0v) is 28.7. The number of hydrogen-bond acceptors (Lipinski definition) is 1. The van der Waals surface area contributed by atoms with Gasteiger partial charge >= 0.3 is 0 Å². The Balaban J connectivity index is 2.99. The van der Waals surface area contributed by atoms with Gasteiger partial charge in [0.2, 0.25) is 5.82 Å². The first-order valence-corrected chi connectivity index (χ1v) is 23.8. The van der Waals surface area contributed by atoms with E-state index in [1.54, 1.807) is 0 Å². The highest BCUT2D eigenvalue weighted by molar-refractivity contribution is 6.83. The van der Waals surface area contributed by atoms with Gasteiger partial charge in [-0.15, -0.1) is 0 Å². The summed E-state index contributed by atoms with van der Waals surface area (Å²) in [6, 6.07) is 10.8. The van der Waals surface area contributed by atoms with Crippen LogP contribution in [0.25, 0.3) is 0 Å². The minimum absolute atomic E-state index is 0.109. The van der Waals surface area contributed by atoms with Crippen LogP contribution in [0.3, 0.4) is 0 Å². The van der Waals surface area contributed by atoms with Crippen molar-refractivity contribution in [3.05, 3.63) is 29.3 Å². The Bertz CT molecular complexity index is 820. The fourth-order valence-electron chi connectivity index (χ4n) is 5.81. The van der Waals surface area contributed by atoms with Crippen LogP contribution < -0.4 is 4.43 Å². The van der Waals surface area contributed by atoms with Crippen LogP contribution in [0.4, 0.5) is 17.6 Å². The minimum atomic E-state index is -2.71. The van der Waals surface area contributed by atoms with E-state index in [9.17, 15) is 17.6 Å². The molecule has 0 spiro atoms. The molecule has 0 N–H and O–H groups in total. The summed E-state index contributed by atoms with van der Waals surface area (Å²) in [4.78, 5) is 0. The van der Waals surface area contributed by atoms with Crippen molar-refractivity contribution >= 4 is 24.5 Å². The molecular weight excluding hydrogens is 537 g/mol. The Labute approximate surface area is 234 Å². The molecule has 0 aromatic heterocycles.